The third kappa shape index (κ3) is 2.74. The van der Waals surface area contributed by atoms with Crippen molar-refractivity contribution in [2.24, 2.45) is 0 Å². The molecule has 106 valence electrons. The van der Waals surface area contributed by atoms with E-state index >= 15 is 0 Å². The lowest BCUT2D eigenvalue weighted by molar-refractivity contribution is 0.0602. The number of hydrogen-bond donors (Lipinski definition) is 2. The standard InChI is InChI=1S/C14H18N4O2/c1-9(2)18-8-10(7-16-18)17-13-11(14(19)20-3)5-4-6-12(13)15/h4-9,17H,15H2,1-3H3. The fourth-order valence-corrected chi connectivity index (χ4v) is 1.82. The Morgan fingerprint density at radius 2 is 2.20 bits per heavy atom. The molecule has 3 N–H and O–H groups in total. The predicted molar refractivity (Wildman–Crippen MR) is 78.1 cm³/mol. The first-order chi connectivity index (χ1) is 9.52. The fourth-order valence-electron chi connectivity index (χ4n) is 1.82. The van der Waals surface area contributed by atoms with Crippen LogP contribution >= 0.6 is 0 Å². The summed E-state index contributed by atoms with van der Waals surface area (Å²) < 4.78 is 6.58. The van der Waals surface area contributed by atoms with Gasteiger partial charge in [0.25, 0.3) is 0 Å². The molecule has 0 saturated heterocycles. The number of nitrogens with zero attached hydrogens (tertiary/aromatic N) is 2. The molecule has 0 amide bonds. The van der Waals surface area contributed by atoms with Crippen LogP contribution in [0.4, 0.5) is 17.1 Å². The first-order valence-corrected chi connectivity index (χ1v) is 6.31. The van der Waals surface area contributed by atoms with E-state index in [1.165, 1.54) is 7.11 Å². The van der Waals surface area contributed by atoms with E-state index in [0.717, 1.165) is 5.69 Å². The second-order valence-electron chi connectivity index (χ2n) is 4.69. The van der Waals surface area contributed by atoms with Gasteiger partial charge >= 0.3 is 5.97 Å². The largest absolute Gasteiger partial charge is 0.465 e. The molecular formula is C14H18N4O2. The van der Waals surface area contributed by atoms with Crippen LogP contribution in [0.25, 0.3) is 0 Å². The number of hydrogen-bond acceptors (Lipinski definition) is 5. The Kier molecular flexibility index (Phi) is 3.93. The fraction of sp³-hybridized carbons (Fsp3) is 0.286. The van der Waals surface area contributed by atoms with Gasteiger partial charge in [0.2, 0.25) is 0 Å². The second kappa shape index (κ2) is 5.64. The number of ether oxygens (including phenoxy) is 1. The lowest BCUT2D eigenvalue weighted by Gasteiger charge is -2.12. The van der Waals surface area contributed by atoms with Gasteiger partial charge in [-0.2, -0.15) is 5.10 Å². The predicted octanol–water partition coefficient (Wildman–Crippen LogP) is 2.58. The minimum atomic E-state index is -0.434. The van der Waals surface area contributed by atoms with E-state index in [1.54, 1.807) is 24.4 Å². The summed E-state index contributed by atoms with van der Waals surface area (Å²) in [5.41, 5.74) is 8.10. The average molecular weight is 274 g/mol. The topological polar surface area (TPSA) is 82.2 Å². The molecule has 2 rings (SSSR count). The van der Waals surface area contributed by atoms with Crippen molar-refractivity contribution < 1.29 is 9.53 Å². The van der Waals surface area contributed by atoms with E-state index in [2.05, 4.69) is 10.4 Å². The molecular weight excluding hydrogens is 256 g/mol. The highest BCUT2D eigenvalue weighted by molar-refractivity contribution is 5.99. The highest BCUT2D eigenvalue weighted by atomic mass is 16.5. The molecule has 0 spiro atoms. The molecule has 0 atom stereocenters. The molecule has 1 aromatic heterocycles. The maximum Gasteiger partial charge on any atom is 0.340 e. The molecule has 1 heterocycles. The quantitative estimate of drug-likeness (QED) is 0.661. The van der Waals surface area contributed by atoms with Crippen molar-refractivity contribution in [1.29, 1.82) is 0 Å². The van der Waals surface area contributed by atoms with Gasteiger partial charge in [0.15, 0.2) is 0 Å². The maximum atomic E-state index is 11.8. The van der Waals surface area contributed by atoms with Gasteiger partial charge in [-0.15, -0.1) is 0 Å². The monoisotopic (exact) mass is 274 g/mol. The number of nitrogens with one attached hydrogen (secondary N) is 1. The zero-order valence-electron chi connectivity index (χ0n) is 11.8. The number of esters is 1. The Bertz CT molecular complexity index is 619. The van der Waals surface area contributed by atoms with E-state index in [0.29, 0.717) is 16.9 Å². The smallest absolute Gasteiger partial charge is 0.340 e. The van der Waals surface area contributed by atoms with Crippen molar-refractivity contribution in [1.82, 2.24) is 9.78 Å². The molecule has 6 nitrogen and oxygen atoms in total. The molecule has 0 saturated carbocycles. The van der Waals surface area contributed by atoms with Gasteiger partial charge in [-0.1, -0.05) is 6.07 Å². The van der Waals surface area contributed by atoms with Crippen LogP contribution in [0, 0.1) is 0 Å². The molecule has 0 unspecified atom stereocenters. The summed E-state index contributed by atoms with van der Waals surface area (Å²) in [7, 11) is 1.34. The number of nitrogens with two attached hydrogens (primary N) is 1. The second-order valence-corrected chi connectivity index (χ2v) is 4.69. The first-order valence-electron chi connectivity index (χ1n) is 6.31. The molecule has 0 aliphatic rings. The highest BCUT2D eigenvalue weighted by Gasteiger charge is 2.15. The lowest BCUT2D eigenvalue weighted by atomic mass is 10.1. The summed E-state index contributed by atoms with van der Waals surface area (Å²) in [6, 6.07) is 5.36. The number of rotatable bonds is 4. The van der Waals surface area contributed by atoms with Crippen molar-refractivity contribution in [2.75, 3.05) is 18.2 Å². The SMILES string of the molecule is COC(=O)c1cccc(N)c1Nc1cnn(C(C)C)c1. The molecule has 2 aromatic rings. The lowest BCUT2D eigenvalue weighted by Crippen LogP contribution is -2.07. The molecule has 0 aliphatic carbocycles. The van der Waals surface area contributed by atoms with E-state index in [1.807, 2.05) is 24.7 Å². The summed E-state index contributed by atoms with van der Waals surface area (Å²) in [5, 5.41) is 7.36. The minimum Gasteiger partial charge on any atom is -0.465 e. The summed E-state index contributed by atoms with van der Waals surface area (Å²) in [6.07, 6.45) is 3.55. The average Bonchev–Trinajstić information content (AvgIpc) is 2.89. The Hall–Kier alpha value is -2.50. The number of para-hydroxylation sites is 1. The molecule has 0 radical (unpaired) electrons. The number of methoxy groups -OCH3 is 1. The van der Waals surface area contributed by atoms with Gasteiger partial charge < -0.3 is 15.8 Å². The number of anilines is 3. The molecule has 1 aromatic carbocycles. The Morgan fingerprint density at radius 1 is 1.45 bits per heavy atom. The van der Waals surface area contributed by atoms with E-state index in [4.69, 9.17) is 10.5 Å². The van der Waals surface area contributed by atoms with E-state index in [-0.39, 0.29) is 6.04 Å². The summed E-state index contributed by atoms with van der Waals surface area (Å²) in [4.78, 5) is 11.8. The molecule has 0 aliphatic heterocycles. The Balaban J connectivity index is 2.34. The van der Waals surface area contributed by atoms with Crippen LogP contribution in [0.2, 0.25) is 0 Å². The molecule has 0 fully saturated rings. The van der Waals surface area contributed by atoms with Gasteiger partial charge in [0.05, 0.1) is 35.9 Å². The highest BCUT2D eigenvalue weighted by Crippen LogP contribution is 2.28. The molecule has 6 heteroatoms. The minimum absolute atomic E-state index is 0.263. The van der Waals surface area contributed by atoms with Crippen LogP contribution in [-0.2, 0) is 4.74 Å². The molecule has 20 heavy (non-hydrogen) atoms. The van der Waals surface area contributed by atoms with Crippen LogP contribution < -0.4 is 11.1 Å². The van der Waals surface area contributed by atoms with Crippen molar-refractivity contribution in [2.45, 2.75) is 19.9 Å². The summed E-state index contributed by atoms with van der Waals surface area (Å²) in [6.45, 7) is 4.07. The maximum absolute atomic E-state index is 11.8. The van der Waals surface area contributed by atoms with E-state index < -0.39 is 5.97 Å². The number of benzene rings is 1. The van der Waals surface area contributed by atoms with Crippen LogP contribution in [0.15, 0.2) is 30.6 Å². The zero-order valence-corrected chi connectivity index (χ0v) is 11.8. The number of carbonyl (C=O) groups is 1. The van der Waals surface area contributed by atoms with Gasteiger partial charge in [-0.05, 0) is 26.0 Å². The van der Waals surface area contributed by atoms with Crippen LogP contribution in [-0.4, -0.2) is 22.9 Å². The Morgan fingerprint density at radius 3 is 2.80 bits per heavy atom. The van der Waals surface area contributed by atoms with E-state index in [9.17, 15) is 4.79 Å². The number of carbonyl (C=O) groups excluding carboxylic acids is 1. The third-order valence-corrected chi connectivity index (χ3v) is 2.90. The third-order valence-electron chi connectivity index (χ3n) is 2.90. The van der Waals surface area contributed by atoms with Gasteiger partial charge in [-0.25, -0.2) is 4.79 Å². The van der Waals surface area contributed by atoms with Crippen molar-refractivity contribution in [3.05, 3.63) is 36.2 Å². The van der Waals surface area contributed by atoms with Gasteiger partial charge in [0.1, 0.15) is 0 Å². The van der Waals surface area contributed by atoms with Gasteiger partial charge in [0, 0.05) is 12.2 Å². The van der Waals surface area contributed by atoms with Crippen LogP contribution in [0.1, 0.15) is 30.2 Å². The Labute approximate surface area is 117 Å². The molecule has 0 bridgehead atoms. The first kappa shape index (κ1) is 13.9. The van der Waals surface area contributed by atoms with Gasteiger partial charge in [-0.3, -0.25) is 4.68 Å². The van der Waals surface area contributed by atoms with Crippen LogP contribution in [0.3, 0.4) is 0 Å². The summed E-state index contributed by atoms with van der Waals surface area (Å²) >= 11 is 0. The van der Waals surface area contributed by atoms with Crippen LogP contribution in [0.5, 0.6) is 0 Å². The number of aromatic nitrogens is 2. The number of nitrogen functional groups attached to an aromatic ring is 1. The summed E-state index contributed by atoms with van der Waals surface area (Å²) in [5.74, 6) is -0.434. The van der Waals surface area contributed by atoms with Crippen molar-refractivity contribution in [3.63, 3.8) is 0 Å². The normalized spacial score (nSPS) is 10.6. The zero-order chi connectivity index (χ0) is 14.7. The van der Waals surface area contributed by atoms with Crippen molar-refractivity contribution in [3.8, 4) is 0 Å². The van der Waals surface area contributed by atoms with Crippen molar-refractivity contribution >= 4 is 23.0 Å².